The van der Waals surface area contributed by atoms with Crippen molar-refractivity contribution in [2.75, 3.05) is 0 Å². The molecule has 66 heteroatoms. The van der Waals surface area contributed by atoms with E-state index in [1.54, 1.807) is 0 Å². The summed E-state index contributed by atoms with van der Waals surface area (Å²) in [5.41, 5.74) is 0. The van der Waals surface area contributed by atoms with Crippen LogP contribution in [0.15, 0.2) is 0 Å². The molecule has 0 spiro atoms. The Morgan fingerprint density at radius 1 is 0.158 bits per heavy atom. The molecule has 0 bridgehead atoms. The Bertz CT molecular complexity index is 2540. The Balaban J connectivity index is 7.71. The second-order valence-corrected chi connectivity index (χ2v) is 15.9. The smallest absolute Gasteiger partial charge is 0.285 e. The zero-order valence-electron chi connectivity index (χ0n) is 39.7. The summed E-state index contributed by atoms with van der Waals surface area (Å²) < 4.78 is 769. The summed E-state index contributed by atoms with van der Waals surface area (Å²) in [6, 6.07) is 0. The average molecular weight is 1570 g/mol. The summed E-state index contributed by atoms with van der Waals surface area (Å²) >= 11 is 0. The highest BCUT2D eigenvalue weighted by Crippen LogP contribution is 2.64. The fourth-order valence-electron chi connectivity index (χ4n) is 4.58. The molecule has 0 heterocycles. The molecular formula is C29F56O10. The third-order valence-corrected chi connectivity index (χ3v) is 9.15. The number of Topliss-reactive ketones (excluding diaryl/α,β-unsaturated/α-hetero) is 2. The van der Waals surface area contributed by atoms with Gasteiger partial charge in [0.2, 0.25) is 0 Å². The first-order valence-electron chi connectivity index (χ1n) is 19.3. The van der Waals surface area contributed by atoms with Gasteiger partial charge in [0.25, 0.3) is 11.6 Å². The van der Waals surface area contributed by atoms with E-state index in [0.29, 0.717) is 18.9 Å². The van der Waals surface area contributed by atoms with Gasteiger partial charge in [-0.3, -0.25) is 28.5 Å². The molecule has 0 rings (SSSR count). The Morgan fingerprint density at radius 3 is 0.442 bits per heavy atom. The summed E-state index contributed by atoms with van der Waals surface area (Å²) in [4.78, 5) is 22.7. The summed E-state index contributed by atoms with van der Waals surface area (Å²) in [7, 11) is 0. The molecule has 4 unspecified atom stereocenters. The normalized spacial score (nSPS) is 18.9. The van der Waals surface area contributed by atoms with Crippen LogP contribution in [0, 0.1) is 0 Å². The van der Waals surface area contributed by atoms with E-state index in [1.807, 2.05) is 0 Å². The maximum atomic E-state index is 14.5. The molecule has 0 saturated heterocycles. The van der Waals surface area contributed by atoms with E-state index in [2.05, 4.69) is 0 Å². The van der Waals surface area contributed by atoms with Crippen molar-refractivity contribution in [3.63, 3.8) is 0 Å². The van der Waals surface area contributed by atoms with E-state index in [-0.39, 0.29) is 0 Å². The van der Waals surface area contributed by atoms with Crippen LogP contribution in [0.2, 0.25) is 0 Å². The zero-order chi connectivity index (χ0) is 78.3. The van der Waals surface area contributed by atoms with Crippen molar-refractivity contribution in [1.29, 1.82) is 0 Å². The lowest BCUT2D eigenvalue weighted by Gasteiger charge is -2.42. The first-order valence-corrected chi connectivity index (χ1v) is 19.3. The summed E-state index contributed by atoms with van der Waals surface area (Å²) in [6.45, 7) is 0. The predicted molar refractivity (Wildman–Crippen MR) is 154 cm³/mol. The van der Waals surface area contributed by atoms with Gasteiger partial charge in [0.05, 0.1) is 0 Å². The lowest BCUT2D eigenvalue weighted by Crippen LogP contribution is -2.72. The Kier molecular flexibility index (Phi) is 22.4. The van der Waals surface area contributed by atoms with Gasteiger partial charge in [0, 0.05) is 0 Å². The van der Waals surface area contributed by atoms with Crippen LogP contribution in [0.5, 0.6) is 0 Å². The van der Waals surface area contributed by atoms with Gasteiger partial charge in [0.15, 0.2) is 0 Å². The molecule has 0 N–H and O–H groups in total. The zero-order valence-corrected chi connectivity index (χ0v) is 39.7. The Labute approximate surface area is 469 Å². The van der Waals surface area contributed by atoms with Crippen molar-refractivity contribution in [1.82, 2.24) is 0 Å². The van der Waals surface area contributed by atoms with Crippen LogP contribution < -0.4 is 0 Å². The van der Waals surface area contributed by atoms with Crippen molar-refractivity contribution in [2.24, 2.45) is 0 Å². The number of hydrogen-bond donors (Lipinski definition) is 0. The SMILES string of the molecule is O=C(C(F)(F)C(F)(F)OC(F)(F)C(F)(F)C(F)(F)C(F)(F)C(F)(F)OC(F)(F)C(F)(F)C(=O)C(F)(F)C(F)(F)OC(F)(C(F)(F)F)C(F)(F)OC(F)(C(F)(F)F)C(F)(F)OC(F)(F)F)C(F)(F)C(F)(F)OC(F)(C(F)(F)F)C(F)(F)OC(F)(C(F)(F)F)C(F)(F)OC(F)(F)F. The van der Waals surface area contributed by atoms with Crippen LogP contribution >= 0.6 is 0 Å². The summed E-state index contributed by atoms with van der Waals surface area (Å²) in [5, 5.41) is 0. The first kappa shape index (κ1) is 90.1. The maximum Gasteiger partial charge on any atom is 0.527 e. The molecule has 0 aromatic carbocycles. The molecule has 0 amide bonds. The van der Waals surface area contributed by atoms with Gasteiger partial charge >= 0.3 is 163 Å². The third kappa shape index (κ3) is 15.2. The molecule has 4 atom stereocenters. The Hall–Kier alpha value is -4.90. The van der Waals surface area contributed by atoms with E-state index < -0.39 is 175 Å². The molecule has 0 radical (unpaired) electrons. The van der Waals surface area contributed by atoms with Crippen LogP contribution in [-0.4, -0.2) is 175 Å². The molecule has 95 heavy (non-hydrogen) atoms. The summed E-state index contributed by atoms with van der Waals surface area (Å²) in [5.74, 6) is -119. The quantitative estimate of drug-likeness (QED) is 0.0645. The number of hydrogen-bond acceptors (Lipinski definition) is 10. The van der Waals surface area contributed by atoms with Gasteiger partial charge in [0.1, 0.15) is 0 Å². The monoisotopic (exact) mass is 1570 g/mol. The summed E-state index contributed by atoms with van der Waals surface area (Å²) in [6.07, 6.45) is -145. The van der Waals surface area contributed by atoms with Gasteiger partial charge in [-0.05, 0) is 0 Å². The molecule has 0 aromatic heterocycles. The standard InChI is InChI=1S/C29F56O10/c30-3(31,18(60,61)88-10(44,14(48,49)50)24(72,73)90-12(46,16(54,55)56)26(76,77)94-28(80,81)82)1(86)5(34,35)20(64,65)92-22(68,69)8(40,41)7(38,39)9(42,43)23(70,71)93-21(66,67)6(36,37)2(87)4(32,33)19(62,63)89-11(45,15(51,52)53)25(74,75)91-13(47,17(57,58)59)27(78,79)95-29(83,84)85. The van der Waals surface area contributed by atoms with Crippen LogP contribution in [0.1, 0.15) is 0 Å². The first-order chi connectivity index (χ1) is 40.0. The number of halogens is 56. The van der Waals surface area contributed by atoms with Gasteiger partial charge < -0.3 is 0 Å². The molecule has 0 fully saturated rings. The molecule has 10 nitrogen and oxygen atoms in total. The molecule has 0 aliphatic heterocycles. The number of carbonyl (C=O) groups is 2. The van der Waals surface area contributed by atoms with E-state index in [1.165, 1.54) is 0 Å². The van der Waals surface area contributed by atoms with Gasteiger partial charge in [-0.25, -0.2) is 18.9 Å². The lowest BCUT2D eigenvalue weighted by molar-refractivity contribution is -0.578. The van der Waals surface area contributed by atoms with E-state index in [4.69, 9.17) is 0 Å². The molecule has 0 saturated carbocycles. The van der Waals surface area contributed by atoms with E-state index >= 15 is 0 Å². The molecule has 0 aromatic rings. The minimum atomic E-state index is -10.2. The molecule has 568 valence electrons. The second kappa shape index (κ2) is 23.6. The third-order valence-electron chi connectivity index (χ3n) is 9.15. The highest BCUT2D eigenvalue weighted by atomic mass is 19.5. The predicted octanol–water partition coefficient (Wildman–Crippen LogP) is 16.6. The minimum absolute atomic E-state index is 0.454. The van der Waals surface area contributed by atoms with E-state index in [0.717, 1.165) is 18.9 Å². The number of carbonyl (C=O) groups excluding carboxylic acids is 2. The van der Waals surface area contributed by atoms with Crippen LogP contribution in [0.25, 0.3) is 0 Å². The minimum Gasteiger partial charge on any atom is -0.285 e. The topological polar surface area (TPSA) is 108 Å². The van der Waals surface area contributed by atoms with Crippen molar-refractivity contribution in [3.05, 3.63) is 0 Å². The lowest BCUT2D eigenvalue weighted by atomic mass is 10.0. The second-order valence-electron chi connectivity index (χ2n) is 15.9. The molecular weight excluding hydrogens is 1570 g/mol. The number of alkyl halides is 56. The fourth-order valence-corrected chi connectivity index (χ4v) is 4.58. The van der Waals surface area contributed by atoms with Crippen molar-refractivity contribution < 1.29 is 293 Å². The highest BCUT2D eigenvalue weighted by Gasteiger charge is 2.94. The van der Waals surface area contributed by atoms with Crippen LogP contribution in [0.3, 0.4) is 0 Å². The maximum absolute atomic E-state index is 14.5. The van der Waals surface area contributed by atoms with Crippen molar-refractivity contribution in [2.45, 2.75) is 163 Å². The van der Waals surface area contributed by atoms with Gasteiger partial charge in [-0.2, -0.15) is 220 Å². The van der Waals surface area contributed by atoms with Gasteiger partial charge in [-0.1, -0.05) is 0 Å². The van der Waals surface area contributed by atoms with Crippen molar-refractivity contribution >= 4 is 11.6 Å². The van der Waals surface area contributed by atoms with Crippen LogP contribution in [-0.2, 0) is 47.5 Å². The van der Waals surface area contributed by atoms with Crippen LogP contribution in [0.4, 0.5) is 246 Å². The largest absolute Gasteiger partial charge is 0.527 e. The number of ether oxygens (including phenoxy) is 8. The van der Waals surface area contributed by atoms with E-state index in [9.17, 15) is 255 Å². The van der Waals surface area contributed by atoms with Gasteiger partial charge in [-0.15, -0.1) is 26.3 Å². The average Bonchev–Trinajstić information content (AvgIpc) is 0.721. The Morgan fingerprint density at radius 2 is 0.295 bits per heavy atom. The highest BCUT2D eigenvalue weighted by molar-refractivity contribution is 5.94. The fraction of sp³-hybridized carbons (Fsp3) is 0.931. The molecule has 0 aliphatic rings. The number of ketones is 2. The molecule has 0 aliphatic carbocycles. The van der Waals surface area contributed by atoms with Crippen molar-refractivity contribution in [3.8, 4) is 0 Å². The number of rotatable bonds is 30.